The van der Waals surface area contributed by atoms with Gasteiger partial charge >= 0.3 is 0 Å². The number of rotatable bonds is 13. The lowest BCUT2D eigenvalue weighted by Gasteiger charge is -2.23. The third-order valence-electron chi connectivity index (χ3n) is 7.63. The molecular formula is C48H82. The maximum atomic E-state index is 4.33. The summed E-state index contributed by atoms with van der Waals surface area (Å²) in [7, 11) is 0. The molecule has 2 unspecified atom stereocenters. The van der Waals surface area contributed by atoms with Gasteiger partial charge in [0, 0.05) is 0 Å². The third-order valence-corrected chi connectivity index (χ3v) is 7.63. The smallest absolute Gasteiger partial charge is 0.00941 e. The van der Waals surface area contributed by atoms with E-state index in [4.69, 9.17) is 0 Å². The standard InChI is InChI=1S/C25H30.C10H22.2C5H12.C3H6/c1-20(2)13-7-5-8-14-21(3)22(4)25-18-12-11-17-24(25)19-23-15-9-6-10-16-23;1-6-8(3)10(5)9(4)7-2;2*1-5(2,3)4;1-3-2/h6,9-12,15,17-19H,1,3-5,7-8,13-14,16H2,2H3;8-10H,6-7H2,1-5H3;2*1-4H3;3H,1H2,2H3/b23-19-;;;;. The first-order valence-corrected chi connectivity index (χ1v) is 18.8. The maximum absolute atomic E-state index is 4.33. The van der Waals surface area contributed by atoms with Crippen molar-refractivity contribution in [1.29, 1.82) is 0 Å². The Morgan fingerprint density at radius 3 is 1.65 bits per heavy atom. The van der Waals surface area contributed by atoms with Crippen molar-refractivity contribution in [1.82, 2.24) is 0 Å². The summed E-state index contributed by atoms with van der Waals surface area (Å²) in [6.07, 6.45) is 22.0. The van der Waals surface area contributed by atoms with Crippen molar-refractivity contribution in [3.63, 3.8) is 0 Å². The Bertz CT molecular complexity index is 1070. The number of hydrogen-bond acceptors (Lipinski definition) is 0. The summed E-state index contributed by atoms with van der Waals surface area (Å²) in [6.45, 7) is 49.1. The molecule has 0 saturated heterocycles. The molecule has 0 aromatic heterocycles. The quantitative estimate of drug-likeness (QED) is 0.112. The zero-order valence-electron chi connectivity index (χ0n) is 35.0. The molecule has 0 aliphatic heterocycles. The van der Waals surface area contributed by atoms with Crippen LogP contribution in [0.1, 0.15) is 166 Å². The second-order valence-electron chi connectivity index (χ2n) is 16.9. The fraction of sp³-hybridized carbons (Fsp3) is 0.583. The van der Waals surface area contributed by atoms with Gasteiger partial charge in [0.05, 0.1) is 0 Å². The van der Waals surface area contributed by atoms with E-state index in [0.717, 1.165) is 48.2 Å². The Morgan fingerprint density at radius 1 is 0.771 bits per heavy atom. The van der Waals surface area contributed by atoms with Crippen LogP contribution in [0.2, 0.25) is 0 Å². The summed E-state index contributed by atoms with van der Waals surface area (Å²) in [6, 6.07) is 8.49. The largest absolute Gasteiger partial charge is 0.103 e. The molecule has 2 atom stereocenters. The van der Waals surface area contributed by atoms with E-state index in [1.54, 1.807) is 6.08 Å². The lowest BCUT2D eigenvalue weighted by atomic mass is 9.82. The van der Waals surface area contributed by atoms with Crippen LogP contribution in [0.5, 0.6) is 0 Å². The van der Waals surface area contributed by atoms with E-state index in [-0.39, 0.29) is 0 Å². The summed E-state index contributed by atoms with van der Waals surface area (Å²) in [5.74, 6) is 2.69. The Morgan fingerprint density at radius 2 is 1.23 bits per heavy atom. The van der Waals surface area contributed by atoms with E-state index < -0.39 is 0 Å². The van der Waals surface area contributed by atoms with Crippen molar-refractivity contribution < 1.29 is 0 Å². The molecule has 1 aromatic carbocycles. The minimum absolute atomic E-state index is 0.500. The van der Waals surface area contributed by atoms with Crippen LogP contribution in [0.3, 0.4) is 0 Å². The van der Waals surface area contributed by atoms with Crippen molar-refractivity contribution >= 4 is 11.6 Å². The van der Waals surface area contributed by atoms with Gasteiger partial charge in [-0.1, -0.05) is 189 Å². The second kappa shape index (κ2) is 28.3. The van der Waals surface area contributed by atoms with Crippen LogP contribution in [-0.4, -0.2) is 0 Å². The van der Waals surface area contributed by atoms with Gasteiger partial charge in [-0.15, -0.1) is 13.2 Å². The average Bonchev–Trinajstić information content (AvgIpc) is 2.99. The first-order valence-electron chi connectivity index (χ1n) is 18.8. The zero-order chi connectivity index (χ0) is 37.9. The number of benzene rings is 1. The van der Waals surface area contributed by atoms with Gasteiger partial charge in [0.25, 0.3) is 0 Å². The normalized spacial score (nSPS) is 14.6. The summed E-state index contributed by atoms with van der Waals surface area (Å²) >= 11 is 0. The fourth-order valence-corrected chi connectivity index (χ4v) is 4.32. The predicted molar refractivity (Wildman–Crippen MR) is 228 cm³/mol. The van der Waals surface area contributed by atoms with Crippen molar-refractivity contribution in [2.45, 2.75) is 155 Å². The van der Waals surface area contributed by atoms with Gasteiger partial charge in [-0.2, -0.15) is 0 Å². The molecule has 2 rings (SSSR count). The molecule has 0 spiro atoms. The molecule has 1 aliphatic rings. The summed E-state index contributed by atoms with van der Waals surface area (Å²) < 4.78 is 0. The summed E-state index contributed by atoms with van der Waals surface area (Å²) in [4.78, 5) is 0. The van der Waals surface area contributed by atoms with Crippen molar-refractivity contribution in [2.24, 2.45) is 28.6 Å². The highest BCUT2D eigenvalue weighted by molar-refractivity contribution is 5.82. The van der Waals surface area contributed by atoms with Crippen LogP contribution in [0.4, 0.5) is 0 Å². The fourth-order valence-electron chi connectivity index (χ4n) is 4.32. The number of allylic oxidation sites excluding steroid dienone is 9. The minimum Gasteiger partial charge on any atom is -0.103 e. The Labute approximate surface area is 303 Å². The highest BCUT2D eigenvalue weighted by Gasteiger charge is 2.15. The van der Waals surface area contributed by atoms with Crippen molar-refractivity contribution in [2.75, 3.05) is 0 Å². The highest BCUT2D eigenvalue weighted by Crippen LogP contribution is 2.29. The Kier molecular flexibility index (Phi) is 29.3. The van der Waals surface area contributed by atoms with Gasteiger partial charge in [-0.3, -0.25) is 0 Å². The molecule has 1 aromatic rings. The van der Waals surface area contributed by atoms with E-state index in [2.05, 4.69) is 178 Å². The predicted octanol–water partition coefficient (Wildman–Crippen LogP) is 16.7. The Hall–Kier alpha value is -2.60. The lowest BCUT2D eigenvalue weighted by molar-refractivity contribution is 0.267. The molecule has 0 bridgehead atoms. The molecule has 0 fully saturated rings. The van der Waals surface area contributed by atoms with Gasteiger partial charge in [0.15, 0.2) is 0 Å². The molecule has 48 heavy (non-hydrogen) atoms. The van der Waals surface area contributed by atoms with Crippen molar-refractivity contribution in [3.8, 4) is 0 Å². The van der Waals surface area contributed by atoms with E-state index in [0.29, 0.717) is 10.8 Å². The van der Waals surface area contributed by atoms with Crippen LogP contribution < -0.4 is 0 Å². The number of hydrogen-bond donors (Lipinski definition) is 0. The van der Waals surface area contributed by atoms with E-state index >= 15 is 0 Å². The van der Waals surface area contributed by atoms with Crippen LogP contribution in [0, 0.1) is 28.6 Å². The van der Waals surface area contributed by atoms with E-state index in [1.165, 1.54) is 54.4 Å². The molecule has 0 amide bonds. The van der Waals surface area contributed by atoms with Crippen LogP contribution in [-0.2, 0) is 0 Å². The van der Waals surface area contributed by atoms with Crippen LogP contribution >= 0.6 is 0 Å². The highest BCUT2D eigenvalue weighted by atomic mass is 14.2. The van der Waals surface area contributed by atoms with E-state index in [1.807, 2.05) is 6.92 Å². The molecule has 0 nitrogen and oxygen atoms in total. The summed E-state index contributed by atoms with van der Waals surface area (Å²) in [5.41, 5.74) is 8.25. The van der Waals surface area contributed by atoms with Crippen LogP contribution in [0.25, 0.3) is 11.6 Å². The first-order chi connectivity index (χ1) is 22.1. The topological polar surface area (TPSA) is 0 Å². The number of unbranched alkanes of at least 4 members (excludes halogenated alkanes) is 2. The SMILES string of the molecule is C=C(C)CCCCCC(=C)C(=C)c1ccccc1/C=C1/C=CC=CC1.C=CC.CC(C)(C)C.CC(C)(C)C.CCC(C)C(C)C(C)CC. The molecule has 0 N–H and O–H groups in total. The summed E-state index contributed by atoms with van der Waals surface area (Å²) in [5, 5.41) is 0. The molecule has 0 heteroatoms. The monoisotopic (exact) mass is 659 g/mol. The Balaban J connectivity index is -0.000000719. The first kappa shape index (κ1) is 49.8. The molecule has 0 heterocycles. The molecular weight excluding hydrogens is 577 g/mol. The van der Waals surface area contributed by atoms with Gasteiger partial charge in [-0.05, 0) is 102 Å². The molecule has 1 aliphatic carbocycles. The molecule has 0 saturated carbocycles. The second-order valence-corrected chi connectivity index (χ2v) is 16.9. The zero-order valence-corrected chi connectivity index (χ0v) is 35.0. The van der Waals surface area contributed by atoms with Gasteiger partial charge in [0.2, 0.25) is 0 Å². The van der Waals surface area contributed by atoms with Gasteiger partial charge in [-0.25, -0.2) is 0 Å². The van der Waals surface area contributed by atoms with Gasteiger partial charge < -0.3 is 0 Å². The van der Waals surface area contributed by atoms with E-state index in [9.17, 15) is 0 Å². The minimum atomic E-state index is 0.500. The lowest BCUT2D eigenvalue weighted by Crippen LogP contribution is -2.14. The molecule has 274 valence electrons. The van der Waals surface area contributed by atoms with Gasteiger partial charge in [0.1, 0.15) is 0 Å². The van der Waals surface area contributed by atoms with Crippen molar-refractivity contribution in [3.05, 3.63) is 109 Å². The molecule has 0 radical (unpaired) electrons. The average molecular weight is 659 g/mol. The third kappa shape index (κ3) is 33.3. The van der Waals surface area contributed by atoms with Crippen LogP contribution in [0.15, 0.2) is 97.7 Å². The maximum Gasteiger partial charge on any atom is -0.00941 e.